The predicted molar refractivity (Wildman–Crippen MR) is 46.0 cm³/mol. The average Bonchev–Trinajstić information content (AvgIpc) is 2.63. The van der Waals surface area contributed by atoms with E-state index in [-0.39, 0.29) is 6.10 Å². The van der Waals surface area contributed by atoms with Crippen LogP contribution in [0, 0.1) is 0 Å². The zero-order valence-electron chi connectivity index (χ0n) is 7.41. The van der Waals surface area contributed by atoms with Gasteiger partial charge in [0.25, 0.3) is 0 Å². The maximum atomic E-state index is 9.29. The summed E-state index contributed by atoms with van der Waals surface area (Å²) in [6.45, 7) is 3.85. The Hall–Kier alpha value is -0.120. The predicted octanol–water partition coefficient (Wildman–Crippen LogP) is 0.232. The van der Waals surface area contributed by atoms with E-state index in [0.717, 1.165) is 32.7 Å². The Morgan fingerprint density at radius 2 is 2.33 bits per heavy atom. The fraction of sp³-hybridized carbons (Fsp3) is 1.00. The molecule has 3 nitrogen and oxygen atoms in total. The highest BCUT2D eigenvalue weighted by molar-refractivity contribution is 4.78. The molecule has 2 aliphatic heterocycles. The second-order valence-corrected chi connectivity index (χ2v) is 3.84. The summed E-state index contributed by atoms with van der Waals surface area (Å²) in [4.78, 5) is 2.31. The minimum Gasteiger partial charge on any atom is -0.392 e. The van der Waals surface area contributed by atoms with Crippen LogP contribution in [0.25, 0.3) is 0 Å². The number of β-amino-alcohol motifs (C(OH)–C–C–N with tert-alkyl or cyclic N) is 1. The lowest BCUT2D eigenvalue weighted by Crippen LogP contribution is -2.30. The van der Waals surface area contributed by atoms with Crippen molar-refractivity contribution in [2.75, 3.05) is 26.2 Å². The summed E-state index contributed by atoms with van der Waals surface area (Å²) in [5.74, 6) is 0. The summed E-state index contributed by atoms with van der Waals surface area (Å²) in [6, 6.07) is 0. The number of ether oxygens (including phenoxy) is 1. The molecule has 2 aliphatic rings. The van der Waals surface area contributed by atoms with Gasteiger partial charge in [0.1, 0.15) is 0 Å². The van der Waals surface area contributed by atoms with Crippen LogP contribution in [0.2, 0.25) is 0 Å². The Morgan fingerprint density at radius 1 is 1.42 bits per heavy atom. The molecule has 12 heavy (non-hydrogen) atoms. The van der Waals surface area contributed by atoms with Gasteiger partial charge in [0.05, 0.1) is 12.2 Å². The molecule has 0 aromatic carbocycles. The summed E-state index contributed by atoms with van der Waals surface area (Å²) < 4.78 is 5.53. The second kappa shape index (κ2) is 3.73. The van der Waals surface area contributed by atoms with Crippen molar-refractivity contribution in [2.45, 2.75) is 31.5 Å². The van der Waals surface area contributed by atoms with E-state index >= 15 is 0 Å². The Kier molecular flexibility index (Phi) is 2.63. The molecule has 0 unspecified atom stereocenters. The molecule has 3 heteroatoms. The van der Waals surface area contributed by atoms with E-state index < -0.39 is 0 Å². The van der Waals surface area contributed by atoms with Gasteiger partial charge in [-0.2, -0.15) is 0 Å². The standard InChI is InChI=1S/C9H17NO2/c11-8-3-4-10(6-8)7-9-2-1-5-12-9/h8-9,11H,1-7H2/t8-,9-/m1/s1. The van der Waals surface area contributed by atoms with Crippen molar-refractivity contribution >= 4 is 0 Å². The highest BCUT2D eigenvalue weighted by atomic mass is 16.5. The van der Waals surface area contributed by atoms with E-state index in [1.54, 1.807) is 0 Å². The molecule has 2 fully saturated rings. The third kappa shape index (κ3) is 1.97. The van der Waals surface area contributed by atoms with Gasteiger partial charge >= 0.3 is 0 Å². The van der Waals surface area contributed by atoms with E-state index in [0.29, 0.717) is 6.10 Å². The van der Waals surface area contributed by atoms with Crippen LogP contribution in [0.15, 0.2) is 0 Å². The van der Waals surface area contributed by atoms with Crippen molar-refractivity contribution in [3.63, 3.8) is 0 Å². The molecule has 2 saturated heterocycles. The van der Waals surface area contributed by atoms with Gasteiger partial charge in [0.15, 0.2) is 0 Å². The summed E-state index contributed by atoms with van der Waals surface area (Å²) in [7, 11) is 0. The molecule has 0 bridgehead atoms. The van der Waals surface area contributed by atoms with Crippen molar-refractivity contribution < 1.29 is 9.84 Å². The quantitative estimate of drug-likeness (QED) is 0.645. The normalized spacial score (nSPS) is 37.8. The monoisotopic (exact) mass is 171 g/mol. The Bertz CT molecular complexity index is 145. The van der Waals surface area contributed by atoms with Gasteiger partial charge in [-0.3, -0.25) is 4.90 Å². The molecule has 0 amide bonds. The van der Waals surface area contributed by atoms with Crippen LogP contribution in [0.5, 0.6) is 0 Å². The molecule has 2 rings (SSSR count). The Labute approximate surface area is 73.3 Å². The first kappa shape index (κ1) is 8.48. The first-order valence-corrected chi connectivity index (χ1v) is 4.86. The average molecular weight is 171 g/mol. The highest BCUT2D eigenvalue weighted by Gasteiger charge is 2.24. The molecule has 2 atom stereocenters. The maximum absolute atomic E-state index is 9.29. The number of aliphatic hydroxyl groups excluding tert-OH is 1. The topological polar surface area (TPSA) is 32.7 Å². The summed E-state index contributed by atoms with van der Waals surface area (Å²) >= 11 is 0. The van der Waals surface area contributed by atoms with Crippen molar-refractivity contribution in [1.82, 2.24) is 4.90 Å². The van der Waals surface area contributed by atoms with E-state index in [4.69, 9.17) is 4.74 Å². The van der Waals surface area contributed by atoms with Crippen LogP contribution in [0.3, 0.4) is 0 Å². The fourth-order valence-corrected chi connectivity index (χ4v) is 2.05. The van der Waals surface area contributed by atoms with E-state index in [1.165, 1.54) is 12.8 Å². The minimum absolute atomic E-state index is 0.0913. The zero-order chi connectivity index (χ0) is 8.39. The molecule has 0 spiro atoms. The lowest BCUT2D eigenvalue weighted by molar-refractivity contribution is 0.0755. The van der Waals surface area contributed by atoms with Crippen LogP contribution < -0.4 is 0 Å². The van der Waals surface area contributed by atoms with Crippen molar-refractivity contribution in [3.05, 3.63) is 0 Å². The SMILES string of the molecule is O[C@@H]1CCN(C[C@H]2CCCO2)C1. The van der Waals surface area contributed by atoms with E-state index in [1.807, 2.05) is 0 Å². The number of hydrogen-bond donors (Lipinski definition) is 1. The molecular formula is C9H17NO2. The molecule has 0 radical (unpaired) electrons. The van der Waals surface area contributed by atoms with Gasteiger partial charge < -0.3 is 9.84 Å². The first-order chi connectivity index (χ1) is 5.84. The number of hydrogen-bond acceptors (Lipinski definition) is 3. The van der Waals surface area contributed by atoms with Gasteiger partial charge in [-0.05, 0) is 19.3 Å². The van der Waals surface area contributed by atoms with Crippen LogP contribution in [-0.4, -0.2) is 48.5 Å². The van der Waals surface area contributed by atoms with Crippen molar-refractivity contribution in [2.24, 2.45) is 0 Å². The largest absolute Gasteiger partial charge is 0.392 e. The summed E-state index contributed by atoms with van der Waals surface area (Å²) in [6.07, 6.45) is 3.70. The number of aliphatic hydroxyl groups is 1. The van der Waals surface area contributed by atoms with Crippen LogP contribution >= 0.6 is 0 Å². The molecule has 0 aromatic heterocycles. The van der Waals surface area contributed by atoms with Gasteiger partial charge in [-0.25, -0.2) is 0 Å². The van der Waals surface area contributed by atoms with E-state index in [9.17, 15) is 5.11 Å². The van der Waals surface area contributed by atoms with Crippen molar-refractivity contribution in [3.8, 4) is 0 Å². The zero-order valence-corrected chi connectivity index (χ0v) is 7.41. The molecule has 0 aromatic rings. The van der Waals surface area contributed by atoms with Crippen LogP contribution in [0.1, 0.15) is 19.3 Å². The Balaban J connectivity index is 1.72. The minimum atomic E-state index is -0.0913. The van der Waals surface area contributed by atoms with Crippen LogP contribution in [0.4, 0.5) is 0 Å². The van der Waals surface area contributed by atoms with Gasteiger partial charge in [-0.15, -0.1) is 0 Å². The van der Waals surface area contributed by atoms with Gasteiger partial charge in [-0.1, -0.05) is 0 Å². The first-order valence-electron chi connectivity index (χ1n) is 4.86. The smallest absolute Gasteiger partial charge is 0.0702 e. The molecular weight excluding hydrogens is 154 g/mol. The summed E-state index contributed by atoms with van der Waals surface area (Å²) in [5.41, 5.74) is 0. The molecule has 70 valence electrons. The lowest BCUT2D eigenvalue weighted by atomic mass is 10.2. The third-order valence-corrected chi connectivity index (χ3v) is 2.73. The van der Waals surface area contributed by atoms with Crippen LogP contribution in [-0.2, 0) is 4.74 Å². The number of likely N-dealkylation sites (tertiary alicyclic amines) is 1. The maximum Gasteiger partial charge on any atom is 0.0702 e. The molecule has 1 N–H and O–H groups in total. The third-order valence-electron chi connectivity index (χ3n) is 2.73. The lowest BCUT2D eigenvalue weighted by Gasteiger charge is -2.18. The second-order valence-electron chi connectivity index (χ2n) is 3.84. The number of rotatable bonds is 2. The molecule has 0 aliphatic carbocycles. The summed E-state index contributed by atoms with van der Waals surface area (Å²) in [5, 5.41) is 9.29. The fourth-order valence-electron chi connectivity index (χ4n) is 2.05. The van der Waals surface area contributed by atoms with Gasteiger partial charge in [0.2, 0.25) is 0 Å². The van der Waals surface area contributed by atoms with Crippen molar-refractivity contribution in [1.29, 1.82) is 0 Å². The van der Waals surface area contributed by atoms with Gasteiger partial charge in [0, 0.05) is 26.2 Å². The number of nitrogens with zero attached hydrogens (tertiary/aromatic N) is 1. The Morgan fingerprint density at radius 3 is 2.92 bits per heavy atom. The molecule has 2 heterocycles. The highest BCUT2D eigenvalue weighted by Crippen LogP contribution is 2.16. The van der Waals surface area contributed by atoms with E-state index in [2.05, 4.69) is 4.90 Å². The molecule has 0 saturated carbocycles.